The lowest BCUT2D eigenvalue weighted by molar-refractivity contribution is 0.632. The number of hydrogen-bond donors (Lipinski definition) is 1. The van der Waals surface area contributed by atoms with Gasteiger partial charge in [-0.25, -0.2) is 0 Å². The maximum absolute atomic E-state index is 4.24. The van der Waals surface area contributed by atoms with E-state index < -0.39 is 0 Å². The highest BCUT2D eigenvalue weighted by Gasteiger charge is 2.19. The molecule has 0 radical (unpaired) electrons. The van der Waals surface area contributed by atoms with Gasteiger partial charge in [-0.3, -0.25) is 0 Å². The Labute approximate surface area is 125 Å². The lowest BCUT2D eigenvalue weighted by atomic mass is 10.0. The van der Waals surface area contributed by atoms with Crippen molar-refractivity contribution in [2.75, 3.05) is 6.54 Å². The first kappa shape index (κ1) is 15.1. The molecule has 2 aromatic rings. The van der Waals surface area contributed by atoms with Gasteiger partial charge in [-0.15, -0.1) is 5.10 Å². The summed E-state index contributed by atoms with van der Waals surface area (Å²) in [5, 5.41) is 7.80. The van der Waals surface area contributed by atoms with Gasteiger partial charge in [0.2, 0.25) is 0 Å². The number of aryl methyl sites for hydroxylation is 2. The van der Waals surface area contributed by atoms with Crippen LogP contribution in [-0.4, -0.2) is 16.1 Å². The fraction of sp³-hybridized carbons (Fsp3) is 0.500. The van der Waals surface area contributed by atoms with Crippen molar-refractivity contribution in [3.8, 4) is 0 Å². The van der Waals surface area contributed by atoms with Gasteiger partial charge in [-0.05, 0) is 42.0 Å². The molecule has 4 heteroatoms. The molecule has 1 aromatic carbocycles. The van der Waals surface area contributed by atoms with Gasteiger partial charge in [0, 0.05) is 0 Å². The second-order valence-corrected chi connectivity index (χ2v) is 5.71. The lowest BCUT2D eigenvalue weighted by Gasteiger charge is -2.17. The molecule has 2 rings (SSSR count). The van der Waals surface area contributed by atoms with Crippen molar-refractivity contribution in [1.82, 2.24) is 14.9 Å². The molecule has 0 aliphatic carbocycles. The molecule has 0 aliphatic rings. The summed E-state index contributed by atoms with van der Waals surface area (Å²) in [5.74, 6) is 0. The molecule has 0 amide bonds. The van der Waals surface area contributed by atoms with E-state index >= 15 is 0 Å². The van der Waals surface area contributed by atoms with Gasteiger partial charge in [0.15, 0.2) is 0 Å². The van der Waals surface area contributed by atoms with Crippen molar-refractivity contribution >= 4 is 11.5 Å². The number of hydrogen-bond acceptors (Lipinski definition) is 4. The summed E-state index contributed by atoms with van der Waals surface area (Å²) in [4.78, 5) is 1.25. The van der Waals surface area contributed by atoms with E-state index in [1.54, 1.807) is 0 Å². The summed E-state index contributed by atoms with van der Waals surface area (Å²) in [7, 11) is 0. The van der Waals surface area contributed by atoms with E-state index in [0.29, 0.717) is 0 Å². The first-order valence-electron chi connectivity index (χ1n) is 7.43. The maximum atomic E-state index is 4.24. The van der Waals surface area contributed by atoms with E-state index in [4.69, 9.17) is 0 Å². The van der Waals surface area contributed by atoms with Crippen molar-refractivity contribution in [3.63, 3.8) is 0 Å². The van der Waals surface area contributed by atoms with Gasteiger partial charge < -0.3 is 5.32 Å². The van der Waals surface area contributed by atoms with Crippen LogP contribution in [0.1, 0.15) is 54.9 Å². The zero-order valence-corrected chi connectivity index (χ0v) is 13.3. The van der Waals surface area contributed by atoms with Gasteiger partial charge in [0.05, 0.1) is 16.6 Å². The monoisotopic (exact) mass is 289 g/mol. The van der Waals surface area contributed by atoms with Crippen LogP contribution in [0.3, 0.4) is 0 Å². The maximum Gasteiger partial charge on any atom is 0.0804 e. The Morgan fingerprint density at radius 2 is 1.90 bits per heavy atom. The molecule has 20 heavy (non-hydrogen) atoms. The standard InChI is InChI=1S/C16H23N3S/c1-4-7-12-8-10-13(11-9-12)15(17-6-3)16-14(5-2)18-19-20-16/h8-11,15,17H,4-7H2,1-3H3. The highest BCUT2D eigenvalue weighted by Crippen LogP contribution is 2.27. The average molecular weight is 289 g/mol. The van der Waals surface area contributed by atoms with Crippen LogP contribution in [0.25, 0.3) is 0 Å². The first-order valence-corrected chi connectivity index (χ1v) is 8.20. The molecule has 0 fully saturated rings. The topological polar surface area (TPSA) is 37.8 Å². The number of aromatic nitrogens is 2. The summed E-state index contributed by atoms with van der Waals surface area (Å²) in [6.45, 7) is 7.42. The third-order valence-corrected chi connectivity index (χ3v) is 4.27. The van der Waals surface area contributed by atoms with Crippen LogP contribution in [0, 0.1) is 0 Å². The Kier molecular flexibility index (Phi) is 5.68. The Morgan fingerprint density at radius 1 is 1.15 bits per heavy atom. The summed E-state index contributed by atoms with van der Waals surface area (Å²) in [6, 6.07) is 9.16. The SMILES string of the molecule is CCCc1ccc(C(NCC)c2snnc2CC)cc1. The molecular formula is C16H23N3S. The van der Waals surface area contributed by atoms with Gasteiger partial charge in [-0.1, -0.05) is 55.9 Å². The predicted octanol–water partition coefficient (Wildman–Crippen LogP) is 3.75. The van der Waals surface area contributed by atoms with Crippen LogP contribution in [0.5, 0.6) is 0 Å². The quantitative estimate of drug-likeness (QED) is 0.843. The van der Waals surface area contributed by atoms with Crippen LogP contribution in [-0.2, 0) is 12.8 Å². The van der Waals surface area contributed by atoms with Crippen LogP contribution in [0.2, 0.25) is 0 Å². The van der Waals surface area contributed by atoms with E-state index in [9.17, 15) is 0 Å². The van der Waals surface area contributed by atoms with E-state index in [1.165, 1.54) is 34.0 Å². The Hall–Kier alpha value is -1.26. The fourth-order valence-corrected chi connectivity index (χ4v) is 3.25. The van der Waals surface area contributed by atoms with Gasteiger partial charge in [0.1, 0.15) is 0 Å². The largest absolute Gasteiger partial charge is 0.306 e. The molecule has 0 saturated carbocycles. The second-order valence-electron chi connectivity index (χ2n) is 4.92. The number of nitrogens with zero attached hydrogens (tertiary/aromatic N) is 2. The minimum absolute atomic E-state index is 0.214. The smallest absolute Gasteiger partial charge is 0.0804 e. The van der Waals surface area contributed by atoms with Crippen molar-refractivity contribution in [3.05, 3.63) is 46.0 Å². The lowest BCUT2D eigenvalue weighted by Crippen LogP contribution is -2.22. The Morgan fingerprint density at radius 3 is 2.50 bits per heavy atom. The third-order valence-electron chi connectivity index (χ3n) is 3.44. The number of benzene rings is 1. The molecule has 0 saturated heterocycles. The van der Waals surface area contributed by atoms with Crippen molar-refractivity contribution in [2.24, 2.45) is 0 Å². The average Bonchev–Trinajstić information content (AvgIpc) is 2.94. The van der Waals surface area contributed by atoms with Crippen molar-refractivity contribution in [2.45, 2.75) is 46.1 Å². The molecule has 3 nitrogen and oxygen atoms in total. The molecule has 1 aromatic heterocycles. The minimum Gasteiger partial charge on any atom is -0.306 e. The van der Waals surface area contributed by atoms with Crippen LogP contribution in [0.15, 0.2) is 24.3 Å². The summed E-state index contributed by atoms with van der Waals surface area (Å²) in [6.07, 6.45) is 3.27. The van der Waals surface area contributed by atoms with Crippen LogP contribution < -0.4 is 5.32 Å². The van der Waals surface area contributed by atoms with E-state index in [0.717, 1.165) is 25.1 Å². The van der Waals surface area contributed by atoms with Gasteiger partial charge >= 0.3 is 0 Å². The molecule has 0 aliphatic heterocycles. The molecule has 1 atom stereocenters. The zero-order valence-electron chi connectivity index (χ0n) is 12.5. The first-order chi connectivity index (χ1) is 9.80. The van der Waals surface area contributed by atoms with Gasteiger partial charge in [-0.2, -0.15) is 0 Å². The minimum atomic E-state index is 0.214. The van der Waals surface area contributed by atoms with E-state index in [1.807, 2.05) is 0 Å². The summed E-state index contributed by atoms with van der Waals surface area (Å²) >= 11 is 1.51. The zero-order chi connectivity index (χ0) is 14.4. The molecule has 108 valence electrons. The predicted molar refractivity (Wildman–Crippen MR) is 85.2 cm³/mol. The van der Waals surface area contributed by atoms with E-state index in [-0.39, 0.29) is 6.04 Å². The highest BCUT2D eigenvalue weighted by molar-refractivity contribution is 7.05. The molecule has 1 unspecified atom stereocenters. The van der Waals surface area contributed by atoms with Crippen molar-refractivity contribution < 1.29 is 0 Å². The van der Waals surface area contributed by atoms with Crippen LogP contribution >= 0.6 is 11.5 Å². The van der Waals surface area contributed by atoms with Crippen LogP contribution in [0.4, 0.5) is 0 Å². The second kappa shape index (κ2) is 7.50. The Bertz CT molecular complexity index is 519. The van der Waals surface area contributed by atoms with Gasteiger partial charge in [0.25, 0.3) is 0 Å². The summed E-state index contributed by atoms with van der Waals surface area (Å²) in [5.41, 5.74) is 3.82. The molecule has 1 heterocycles. The molecular weight excluding hydrogens is 266 g/mol. The third kappa shape index (κ3) is 3.44. The molecule has 1 N–H and O–H groups in total. The highest BCUT2D eigenvalue weighted by atomic mass is 32.1. The molecule has 0 bridgehead atoms. The summed E-state index contributed by atoms with van der Waals surface area (Å²) < 4.78 is 4.12. The Balaban J connectivity index is 2.28. The van der Waals surface area contributed by atoms with Crippen molar-refractivity contribution in [1.29, 1.82) is 0 Å². The van der Waals surface area contributed by atoms with E-state index in [2.05, 4.69) is 59.9 Å². The number of nitrogens with one attached hydrogen (secondary N) is 1. The molecule has 0 spiro atoms. The fourth-order valence-electron chi connectivity index (χ4n) is 2.41. The number of rotatable bonds is 7. The normalized spacial score (nSPS) is 12.6.